The molecule has 1 unspecified atom stereocenters. The third kappa shape index (κ3) is 5.56. The zero-order valence-corrected chi connectivity index (χ0v) is 17.3. The summed E-state index contributed by atoms with van der Waals surface area (Å²) in [4.78, 5) is 14.8. The van der Waals surface area contributed by atoms with Gasteiger partial charge in [-0.1, -0.05) is 37.6 Å². The molecule has 156 valence electrons. The highest BCUT2D eigenvalue weighted by Crippen LogP contribution is 2.24. The molecule has 3 rings (SSSR count). The molecule has 1 heterocycles. The molecule has 0 N–H and O–H groups in total. The first-order chi connectivity index (χ1) is 13.9. The van der Waals surface area contributed by atoms with Crippen LogP contribution in [0.15, 0.2) is 48.5 Å². The summed E-state index contributed by atoms with van der Waals surface area (Å²) in [6, 6.07) is 12.6. The highest BCUT2D eigenvalue weighted by molar-refractivity contribution is 7.91. The second-order valence-electron chi connectivity index (χ2n) is 7.31. The van der Waals surface area contributed by atoms with E-state index in [1.807, 2.05) is 0 Å². The quantitative estimate of drug-likeness (QED) is 0.610. The van der Waals surface area contributed by atoms with E-state index in [1.165, 1.54) is 11.0 Å². The fraction of sp³-hybridized carbons (Fsp3) is 0.409. The molecule has 0 aromatic heterocycles. The van der Waals surface area contributed by atoms with Crippen molar-refractivity contribution in [3.8, 4) is 5.75 Å². The predicted octanol–water partition coefficient (Wildman–Crippen LogP) is 3.83. The molecule has 0 aliphatic carbocycles. The zero-order valence-electron chi connectivity index (χ0n) is 16.5. The number of carbonyl (C=O) groups excluding carboxylic acids is 1. The fourth-order valence-corrected chi connectivity index (χ4v) is 5.15. The molecule has 29 heavy (non-hydrogen) atoms. The second kappa shape index (κ2) is 9.39. The first-order valence-electron chi connectivity index (χ1n) is 9.87. The highest BCUT2D eigenvalue weighted by Gasteiger charge is 2.35. The summed E-state index contributed by atoms with van der Waals surface area (Å²) in [7, 11) is -3.19. The lowest BCUT2D eigenvalue weighted by atomic mass is 10.1. The Morgan fingerprint density at radius 2 is 2.00 bits per heavy atom. The second-order valence-corrected chi connectivity index (χ2v) is 9.54. The largest absolute Gasteiger partial charge is 0.494 e. The number of ether oxygens (including phenoxy) is 1. The molecule has 0 bridgehead atoms. The van der Waals surface area contributed by atoms with Crippen LogP contribution < -0.4 is 4.74 Å². The molecule has 1 aliphatic rings. The minimum atomic E-state index is -3.19. The van der Waals surface area contributed by atoms with E-state index >= 15 is 0 Å². The van der Waals surface area contributed by atoms with Gasteiger partial charge in [-0.3, -0.25) is 4.79 Å². The van der Waals surface area contributed by atoms with E-state index in [4.69, 9.17) is 4.74 Å². The average Bonchev–Trinajstić information content (AvgIpc) is 3.07. The van der Waals surface area contributed by atoms with Gasteiger partial charge in [-0.05, 0) is 37.1 Å². The minimum absolute atomic E-state index is 0.0204. The van der Waals surface area contributed by atoms with E-state index in [0.717, 1.165) is 12.8 Å². The molecule has 1 amide bonds. The third-order valence-corrected chi connectivity index (χ3v) is 6.81. The minimum Gasteiger partial charge on any atom is -0.494 e. The summed E-state index contributed by atoms with van der Waals surface area (Å²) >= 11 is 0. The molecular weight excluding hydrogens is 393 g/mol. The van der Waals surface area contributed by atoms with E-state index in [1.54, 1.807) is 42.5 Å². The van der Waals surface area contributed by atoms with E-state index < -0.39 is 21.7 Å². The zero-order chi connectivity index (χ0) is 20.9. The normalized spacial score (nSPS) is 17.8. The lowest BCUT2D eigenvalue weighted by molar-refractivity contribution is 0.0678. The number of carbonyl (C=O) groups is 1. The Morgan fingerprint density at radius 1 is 1.21 bits per heavy atom. The molecule has 0 spiro atoms. The average molecular weight is 420 g/mol. The van der Waals surface area contributed by atoms with Gasteiger partial charge in [-0.2, -0.15) is 0 Å². The van der Waals surface area contributed by atoms with Crippen molar-refractivity contribution in [2.75, 3.05) is 18.1 Å². The number of sulfone groups is 1. The monoisotopic (exact) mass is 419 g/mol. The van der Waals surface area contributed by atoms with Crippen molar-refractivity contribution >= 4 is 15.7 Å². The maximum absolute atomic E-state index is 14.2. The summed E-state index contributed by atoms with van der Waals surface area (Å²) in [5.74, 6) is -0.202. The molecule has 0 saturated carbocycles. The standard InChI is InChI=1S/C22H26FNO4S/c1-2-3-12-28-20-9-6-8-17(14-20)22(25)24(19-11-13-29(26,27)16-19)15-18-7-4-5-10-21(18)23/h4-10,14,19H,2-3,11-13,15-16H2,1H3. The van der Waals surface area contributed by atoms with E-state index in [2.05, 4.69) is 6.92 Å². The van der Waals surface area contributed by atoms with Crippen LogP contribution in [0.1, 0.15) is 42.1 Å². The van der Waals surface area contributed by atoms with Crippen LogP contribution in [-0.4, -0.2) is 43.4 Å². The van der Waals surface area contributed by atoms with Crippen molar-refractivity contribution in [3.63, 3.8) is 0 Å². The molecule has 1 saturated heterocycles. The Morgan fingerprint density at radius 3 is 2.69 bits per heavy atom. The number of nitrogens with zero attached hydrogens (tertiary/aromatic N) is 1. The fourth-order valence-electron chi connectivity index (χ4n) is 3.42. The highest BCUT2D eigenvalue weighted by atomic mass is 32.2. The van der Waals surface area contributed by atoms with Gasteiger partial charge >= 0.3 is 0 Å². The van der Waals surface area contributed by atoms with Crippen molar-refractivity contribution in [2.24, 2.45) is 0 Å². The summed E-state index contributed by atoms with van der Waals surface area (Å²) < 4.78 is 43.9. The molecule has 1 fully saturated rings. The van der Waals surface area contributed by atoms with Crippen LogP contribution in [0.25, 0.3) is 0 Å². The van der Waals surface area contributed by atoms with E-state index in [9.17, 15) is 17.6 Å². The molecule has 0 radical (unpaired) electrons. The Kier molecular flexibility index (Phi) is 6.90. The number of benzene rings is 2. The number of rotatable bonds is 8. The summed E-state index contributed by atoms with van der Waals surface area (Å²) in [5, 5.41) is 0. The van der Waals surface area contributed by atoms with Crippen LogP contribution in [-0.2, 0) is 16.4 Å². The topological polar surface area (TPSA) is 63.7 Å². The van der Waals surface area contributed by atoms with Gasteiger partial charge in [0, 0.05) is 23.7 Å². The van der Waals surface area contributed by atoms with Gasteiger partial charge in [0.2, 0.25) is 0 Å². The van der Waals surface area contributed by atoms with Crippen LogP contribution in [0.2, 0.25) is 0 Å². The molecule has 7 heteroatoms. The Hall–Kier alpha value is -2.41. The van der Waals surface area contributed by atoms with Crippen LogP contribution in [0.3, 0.4) is 0 Å². The summed E-state index contributed by atoms with van der Waals surface area (Å²) in [6.07, 6.45) is 2.28. The molecule has 5 nitrogen and oxygen atoms in total. The van der Waals surface area contributed by atoms with Crippen LogP contribution >= 0.6 is 0 Å². The van der Waals surface area contributed by atoms with Gasteiger partial charge in [0.25, 0.3) is 5.91 Å². The van der Waals surface area contributed by atoms with Crippen molar-refractivity contribution in [1.82, 2.24) is 4.90 Å². The van der Waals surface area contributed by atoms with Gasteiger partial charge in [-0.25, -0.2) is 12.8 Å². The van der Waals surface area contributed by atoms with Crippen LogP contribution in [0, 0.1) is 5.82 Å². The van der Waals surface area contributed by atoms with E-state index in [-0.39, 0.29) is 24.0 Å². The maximum atomic E-state index is 14.2. The van der Waals surface area contributed by atoms with Crippen molar-refractivity contribution in [3.05, 3.63) is 65.5 Å². The molecule has 1 aliphatic heterocycles. The lowest BCUT2D eigenvalue weighted by Gasteiger charge is -2.29. The first kappa shape index (κ1) is 21.3. The van der Waals surface area contributed by atoms with Gasteiger partial charge in [-0.15, -0.1) is 0 Å². The first-order valence-corrected chi connectivity index (χ1v) is 11.7. The summed E-state index contributed by atoms with van der Waals surface area (Å²) in [6.45, 7) is 2.65. The number of amides is 1. The Bertz CT molecular complexity index is 961. The Labute approximate surface area is 171 Å². The van der Waals surface area contributed by atoms with Gasteiger partial charge in [0.1, 0.15) is 11.6 Å². The van der Waals surface area contributed by atoms with Crippen LogP contribution in [0.5, 0.6) is 5.75 Å². The smallest absolute Gasteiger partial charge is 0.254 e. The number of hydrogen-bond donors (Lipinski definition) is 0. The molecule has 1 atom stereocenters. The SMILES string of the molecule is CCCCOc1cccc(C(=O)N(Cc2ccccc2F)C2CCS(=O)(=O)C2)c1. The van der Waals surface area contributed by atoms with Gasteiger partial charge in [0.15, 0.2) is 9.84 Å². The van der Waals surface area contributed by atoms with Crippen molar-refractivity contribution < 1.29 is 22.3 Å². The van der Waals surface area contributed by atoms with Gasteiger partial charge in [0.05, 0.1) is 18.1 Å². The number of halogens is 1. The lowest BCUT2D eigenvalue weighted by Crippen LogP contribution is -2.40. The summed E-state index contributed by atoms with van der Waals surface area (Å²) in [5.41, 5.74) is 0.764. The number of unbranched alkanes of at least 4 members (excludes halogenated alkanes) is 1. The van der Waals surface area contributed by atoms with Gasteiger partial charge < -0.3 is 9.64 Å². The molecule has 2 aromatic carbocycles. The van der Waals surface area contributed by atoms with Crippen molar-refractivity contribution in [2.45, 2.75) is 38.8 Å². The van der Waals surface area contributed by atoms with Crippen LogP contribution in [0.4, 0.5) is 4.39 Å². The Balaban J connectivity index is 1.86. The third-order valence-electron chi connectivity index (χ3n) is 5.06. The maximum Gasteiger partial charge on any atom is 0.254 e. The predicted molar refractivity (Wildman–Crippen MR) is 110 cm³/mol. The van der Waals surface area contributed by atoms with Crippen molar-refractivity contribution in [1.29, 1.82) is 0 Å². The number of hydrogen-bond acceptors (Lipinski definition) is 4. The van der Waals surface area contributed by atoms with E-state index in [0.29, 0.717) is 29.9 Å². The molecular formula is C22H26FNO4S. The molecule has 2 aromatic rings.